The largest absolute Gasteiger partial charge is 0.370 e. The van der Waals surface area contributed by atoms with Crippen molar-refractivity contribution in [2.45, 2.75) is 18.4 Å². The molecular formula is C16H15N. The molecule has 0 fully saturated rings. The van der Waals surface area contributed by atoms with Gasteiger partial charge in [-0.25, -0.2) is 0 Å². The minimum Gasteiger partial charge on any atom is -0.370 e. The Morgan fingerprint density at radius 1 is 0.941 bits per heavy atom. The molecule has 0 bridgehead atoms. The number of hydrogen-bond donors (Lipinski definition) is 0. The molecule has 0 amide bonds. The number of nitrogens with zero attached hydrogens (tertiary/aromatic N) is 1. The zero-order chi connectivity index (χ0) is 11.4. The molecule has 0 saturated carbocycles. The van der Waals surface area contributed by atoms with Gasteiger partial charge in [0.25, 0.3) is 0 Å². The average Bonchev–Trinajstić information content (AvgIpc) is 2.88. The highest BCUT2D eigenvalue weighted by molar-refractivity contribution is 5.67. The predicted molar refractivity (Wildman–Crippen MR) is 70.6 cm³/mol. The molecule has 1 nitrogen and oxygen atoms in total. The molecule has 2 aliphatic rings. The molecule has 84 valence electrons. The second kappa shape index (κ2) is 3.13. The van der Waals surface area contributed by atoms with Crippen LogP contribution in [0, 0.1) is 0 Å². The summed E-state index contributed by atoms with van der Waals surface area (Å²) in [5, 5.41) is 0. The van der Waals surface area contributed by atoms with Gasteiger partial charge in [0, 0.05) is 24.7 Å². The van der Waals surface area contributed by atoms with Crippen molar-refractivity contribution in [1.29, 1.82) is 0 Å². The minimum atomic E-state index is 0.590. The summed E-state index contributed by atoms with van der Waals surface area (Å²) < 4.78 is 0. The maximum Gasteiger partial charge on any atom is 0.0437 e. The van der Waals surface area contributed by atoms with E-state index in [0.29, 0.717) is 12.0 Å². The van der Waals surface area contributed by atoms with Crippen molar-refractivity contribution < 1.29 is 0 Å². The summed E-state index contributed by atoms with van der Waals surface area (Å²) in [6.07, 6.45) is 1.19. The van der Waals surface area contributed by atoms with Gasteiger partial charge in [0.2, 0.25) is 0 Å². The molecule has 0 saturated heterocycles. The standard InChI is InChI=1S/C16H15N/c1-17-14-9-5-4-8-13(14)16-12-7-3-2-6-11(12)10-15(16)17/h2-9,15-16H,10H2,1H3. The Morgan fingerprint density at radius 3 is 2.53 bits per heavy atom. The molecule has 17 heavy (non-hydrogen) atoms. The SMILES string of the molecule is CN1c2ccccc2C2c3ccccc3CC21. The molecule has 1 aliphatic carbocycles. The Labute approximate surface area is 102 Å². The monoisotopic (exact) mass is 221 g/mol. The third-order valence-electron chi connectivity index (χ3n) is 4.35. The Kier molecular flexibility index (Phi) is 1.71. The van der Waals surface area contributed by atoms with Gasteiger partial charge >= 0.3 is 0 Å². The Morgan fingerprint density at radius 2 is 1.65 bits per heavy atom. The lowest BCUT2D eigenvalue weighted by molar-refractivity contribution is 0.648. The molecule has 1 heteroatoms. The smallest absolute Gasteiger partial charge is 0.0437 e. The third kappa shape index (κ3) is 1.09. The predicted octanol–water partition coefficient (Wildman–Crippen LogP) is 3.19. The molecule has 2 aromatic rings. The van der Waals surface area contributed by atoms with Crippen LogP contribution in [-0.4, -0.2) is 13.1 Å². The number of para-hydroxylation sites is 1. The average molecular weight is 221 g/mol. The van der Waals surface area contributed by atoms with Crippen molar-refractivity contribution in [1.82, 2.24) is 0 Å². The number of benzene rings is 2. The van der Waals surface area contributed by atoms with Gasteiger partial charge in [0.15, 0.2) is 0 Å². The normalized spacial score (nSPS) is 24.4. The second-order valence-electron chi connectivity index (χ2n) is 5.12. The topological polar surface area (TPSA) is 3.24 Å². The summed E-state index contributed by atoms with van der Waals surface area (Å²) in [5.74, 6) is 0.590. The number of fused-ring (bicyclic) bond motifs is 5. The highest BCUT2D eigenvalue weighted by Gasteiger charge is 2.42. The van der Waals surface area contributed by atoms with Gasteiger partial charge < -0.3 is 4.90 Å². The molecule has 0 spiro atoms. The number of hydrogen-bond acceptors (Lipinski definition) is 1. The van der Waals surface area contributed by atoms with Gasteiger partial charge in [-0.15, -0.1) is 0 Å². The van der Waals surface area contributed by atoms with Gasteiger partial charge in [-0.2, -0.15) is 0 Å². The highest BCUT2D eigenvalue weighted by atomic mass is 15.2. The summed E-state index contributed by atoms with van der Waals surface area (Å²) in [5.41, 5.74) is 5.99. The first kappa shape index (κ1) is 9.29. The van der Waals surface area contributed by atoms with Gasteiger partial charge in [-0.1, -0.05) is 42.5 Å². The Hall–Kier alpha value is -1.76. The zero-order valence-corrected chi connectivity index (χ0v) is 9.93. The fourth-order valence-electron chi connectivity index (χ4n) is 3.56. The first-order valence-electron chi connectivity index (χ1n) is 6.26. The van der Waals surface area contributed by atoms with Crippen LogP contribution in [-0.2, 0) is 6.42 Å². The van der Waals surface area contributed by atoms with E-state index in [2.05, 4.69) is 60.5 Å². The summed E-state index contributed by atoms with van der Waals surface area (Å²) in [4.78, 5) is 2.46. The quantitative estimate of drug-likeness (QED) is 0.660. The summed E-state index contributed by atoms with van der Waals surface area (Å²) in [7, 11) is 2.23. The number of rotatable bonds is 0. The van der Waals surface area contributed by atoms with Crippen molar-refractivity contribution in [3.05, 3.63) is 65.2 Å². The molecule has 2 unspecified atom stereocenters. The van der Waals surface area contributed by atoms with E-state index in [1.807, 2.05) is 0 Å². The van der Waals surface area contributed by atoms with E-state index in [0.717, 1.165) is 0 Å². The van der Waals surface area contributed by atoms with Crippen LogP contribution in [0.4, 0.5) is 5.69 Å². The molecular weight excluding hydrogens is 206 g/mol. The van der Waals surface area contributed by atoms with Crippen molar-refractivity contribution in [2.75, 3.05) is 11.9 Å². The van der Waals surface area contributed by atoms with E-state index in [1.54, 1.807) is 0 Å². The van der Waals surface area contributed by atoms with Crippen LogP contribution < -0.4 is 4.90 Å². The first-order chi connectivity index (χ1) is 8.36. The summed E-state index contributed by atoms with van der Waals surface area (Å²) in [6, 6.07) is 18.4. The van der Waals surface area contributed by atoms with Crippen molar-refractivity contribution in [2.24, 2.45) is 0 Å². The van der Waals surface area contributed by atoms with Gasteiger partial charge in [0.05, 0.1) is 0 Å². The van der Waals surface area contributed by atoms with Crippen molar-refractivity contribution in [3.63, 3.8) is 0 Å². The van der Waals surface area contributed by atoms with Crippen LogP contribution >= 0.6 is 0 Å². The van der Waals surface area contributed by atoms with E-state index in [-0.39, 0.29) is 0 Å². The second-order valence-corrected chi connectivity index (χ2v) is 5.12. The Balaban J connectivity index is 1.95. The van der Waals surface area contributed by atoms with Crippen LogP contribution in [0.25, 0.3) is 0 Å². The van der Waals surface area contributed by atoms with E-state index < -0.39 is 0 Å². The maximum atomic E-state index is 2.46. The fourth-order valence-corrected chi connectivity index (χ4v) is 3.56. The summed E-state index contributed by atoms with van der Waals surface area (Å²) >= 11 is 0. The van der Waals surface area contributed by atoms with Gasteiger partial charge in [-0.05, 0) is 29.2 Å². The van der Waals surface area contributed by atoms with Crippen LogP contribution in [0.1, 0.15) is 22.6 Å². The van der Waals surface area contributed by atoms with Gasteiger partial charge in [0.1, 0.15) is 0 Å². The lowest BCUT2D eigenvalue weighted by Crippen LogP contribution is -2.28. The van der Waals surface area contributed by atoms with E-state index in [1.165, 1.54) is 28.8 Å². The van der Waals surface area contributed by atoms with E-state index in [9.17, 15) is 0 Å². The summed E-state index contributed by atoms with van der Waals surface area (Å²) in [6.45, 7) is 0. The molecule has 2 atom stereocenters. The fraction of sp³-hybridized carbons (Fsp3) is 0.250. The minimum absolute atomic E-state index is 0.590. The molecule has 0 N–H and O–H groups in total. The number of likely N-dealkylation sites (N-methyl/N-ethyl adjacent to an activating group) is 1. The highest BCUT2D eigenvalue weighted by Crippen LogP contribution is 2.49. The van der Waals surface area contributed by atoms with E-state index >= 15 is 0 Å². The van der Waals surface area contributed by atoms with Crippen molar-refractivity contribution in [3.8, 4) is 0 Å². The van der Waals surface area contributed by atoms with Gasteiger partial charge in [-0.3, -0.25) is 0 Å². The van der Waals surface area contributed by atoms with Crippen LogP contribution in [0.5, 0.6) is 0 Å². The maximum absolute atomic E-state index is 2.46. The van der Waals surface area contributed by atoms with Crippen LogP contribution in [0.3, 0.4) is 0 Å². The molecule has 0 aromatic heterocycles. The molecule has 2 aromatic carbocycles. The van der Waals surface area contributed by atoms with Crippen LogP contribution in [0.15, 0.2) is 48.5 Å². The zero-order valence-electron chi connectivity index (χ0n) is 9.93. The molecule has 0 radical (unpaired) electrons. The lowest BCUT2D eigenvalue weighted by Gasteiger charge is -2.21. The lowest BCUT2D eigenvalue weighted by atomic mass is 9.93. The van der Waals surface area contributed by atoms with E-state index in [4.69, 9.17) is 0 Å². The molecule has 1 aliphatic heterocycles. The molecule has 4 rings (SSSR count). The first-order valence-corrected chi connectivity index (χ1v) is 6.26. The van der Waals surface area contributed by atoms with Crippen molar-refractivity contribution >= 4 is 5.69 Å². The molecule has 1 heterocycles. The third-order valence-corrected chi connectivity index (χ3v) is 4.35. The van der Waals surface area contributed by atoms with Crippen LogP contribution in [0.2, 0.25) is 0 Å². The number of anilines is 1. The Bertz CT molecular complexity index is 588.